The lowest BCUT2D eigenvalue weighted by atomic mass is 9.96. The number of hydrogen-bond acceptors (Lipinski definition) is 6. The van der Waals surface area contributed by atoms with Gasteiger partial charge in [0.05, 0.1) is 30.8 Å². The number of aliphatic hydroxyl groups excluding tert-OH is 1. The Morgan fingerprint density at radius 2 is 2.12 bits per heavy atom. The number of carbonyl (C=O) groups is 1. The molecule has 0 saturated carbocycles. The molecule has 1 aromatic rings. The number of nitrogens with zero attached hydrogens (tertiary/aromatic N) is 2. The van der Waals surface area contributed by atoms with Crippen molar-refractivity contribution in [1.82, 2.24) is 9.97 Å². The molecule has 2 heterocycles. The van der Waals surface area contributed by atoms with E-state index >= 15 is 0 Å². The molecule has 1 aliphatic heterocycles. The molecule has 2 atom stereocenters. The summed E-state index contributed by atoms with van der Waals surface area (Å²) in [5.74, 6) is 0.235. The van der Waals surface area contributed by atoms with Gasteiger partial charge in [-0.15, -0.1) is 0 Å². The van der Waals surface area contributed by atoms with Gasteiger partial charge in [-0.2, -0.15) is 0 Å². The standard InChI is InChI=1S/C18H29N3O4/c1-18(2,3)17(23)21-16-11-19-14(10-20-16)15(22)12-25-13-6-4-5-8-24-9-7-13/h10-11,13,15,22H,4-9,12H2,1-3H3,(H,20,21,23). The van der Waals surface area contributed by atoms with Gasteiger partial charge in [0.15, 0.2) is 5.82 Å². The van der Waals surface area contributed by atoms with Crippen LogP contribution in [0.15, 0.2) is 12.4 Å². The monoisotopic (exact) mass is 351 g/mol. The lowest BCUT2D eigenvalue weighted by molar-refractivity contribution is -0.123. The van der Waals surface area contributed by atoms with E-state index < -0.39 is 11.5 Å². The molecular weight excluding hydrogens is 322 g/mol. The van der Waals surface area contributed by atoms with Gasteiger partial charge in [-0.1, -0.05) is 20.8 Å². The quantitative estimate of drug-likeness (QED) is 0.846. The smallest absolute Gasteiger partial charge is 0.230 e. The Bertz CT molecular complexity index is 534. The second kappa shape index (κ2) is 9.22. The van der Waals surface area contributed by atoms with E-state index in [0.717, 1.165) is 32.3 Å². The number of ether oxygens (including phenoxy) is 2. The van der Waals surface area contributed by atoms with Crippen molar-refractivity contribution in [3.8, 4) is 0 Å². The van der Waals surface area contributed by atoms with Crippen LogP contribution in [0.3, 0.4) is 0 Å². The van der Waals surface area contributed by atoms with Crippen LogP contribution in [0.4, 0.5) is 5.82 Å². The topological polar surface area (TPSA) is 93.6 Å². The first-order valence-corrected chi connectivity index (χ1v) is 8.87. The maximum atomic E-state index is 11.9. The highest BCUT2D eigenvalue weighted by atomic mass is 16.5. The number of carbonyl (C=O) groups excluding carboxylic acids is 1. The van der Waals surface area contributed by atoms with Crippen molar-refractivity contribution in [3.63, 3.8) is 0 Å². The molecule has 1 amide bonds. The second-order valence-electron chi connectivity index (χ2n) is 7.40. The van der Waals surface area contributed by atoms with Crippen LogP contribution in [-0.2, 0) is 14.3 Å². The maximum Gasteiger partial charge on any atom is 0.230 e. The minimum atomic E-state index is -0.841. The average Bonchev–Trinajstić information content (AvgIpc) is 2.53. The zero-order valence-electron chi connectivity index (χ0n) is 15.3. The van der Waals surface area contributed by atoms with Gasteiger partial charge in [-0.3, -0.25) is 9.78 Å². The summed E-state index contributed by atoms with van der Waals surface area (Å²) in [7, 11) is 0. The summed E-state index contributed by atoms with van der Waals surface area (Å²) in [4.78, 5) is 20.2. The van der Waals surface area contributed by atoms with Crippen molar-refractivity contribution < 1.29 is 19.4 Å². The van der Waals surface area contributed by atoms with Crippen molar-refractivity contribution in [2.75, 3.05) is 25.1 Å². The number of anilines is 1. The third-order valence-corrected chi connectivity index (χ3v) is 4.07. The summed E-state index contributed by atoms with van der Waals surface area (Å²) in [5, 5.41) is 12.9. The summed E-state index contributed by atoms with van der Waals surface area (Å²) < 4.78 is 11.3. The van der Waals surface area contributed by atoms with Crippen LogP contribution >= 0.6 is 0 Å². The van der Waals surface area contributed by atoms with Gasteiger partial charge in [0, 0.05) is 18.6 Å². The number of amides is 1. The van der Waals surface area contributed by atoms with Crippen LogP contribution in [0.2, 0.25) is 0 Å². The van der Waals surface area contributed by atoms with Gasteiger partial charge in [0.2, 0.25) is 5.91 Å². The fraction of sp³-hybridized carbons (Fsp3) is 0.722. The first-order valence-electron chi connectivity index (χ1n) is 8.87. The van der Waals surface area contributed by atoms with Crippen molar-refractivity contribution in [2.24, 2.45) is 5.41 Å². The SMILES string of the molecule is CC(C)(C)C(=O)Nc1cnc(C(O)COC2CCCCOCC2)cn1. The van der Waals surface area contributed by atoms with E-state index in [1.807, 2.05) is 20.8 Å². The van der Waals surface area contributed by atoms with Gasteiger partial charge in [0.25, 0.3) is 0 Å². The fourth-order valence-electron chi connectivity index (χ4n) is 2.40. The Balaban J connectivity index is 1.83. The second-order valence-corrected chi connectivity index (χ2v) is 7.40. The van der Waals surface area contributed by atoms with E-state index in [0.29, 0.717) is 18.1 Å². The molecular formula is C18H29N3O4. The first-order chi connectivity index (χ1) is 11.9. The normalized spacial score (nSPS) is 20.4. The van der Waals surface area contributed by atoms with Crippen LogP contribution in [-0.4, -0.2) is 46.9 Å². The molecule has 0 spiro atoms. The summed E-state index contributed by atoms with van der Waals surface area (Å²) in [6, 6.07) is 0. The van der Waals surface area contributed by atoms with Crippen LogP contribution in [0, 0.1) is 5.41 Å². The number of aromatic nitrogens is 2. The Morgan fingerprint density at radius 3 is 2.80 bits per heavy atom. The van der Waals surface area contributed by atoms with E-state index in [1.165, 1.54) is 12.4 Å². The van der Waals surface area contributed by atoms with E-state index in [-0.39, 0.29) is 18.6 Å². The van der Waals surface area contributed by atoms with Gasteiger partial charge in [0.1, 0.15) is 6.10 Å². The first kappa shape index (κ1) is 19.8. The Labute approximate surface area is 149 Å². The predicted octanol–water partition coefficient (Wildman–Crippen LogP) is 2.47. The zero-order valence-corrected chi connectivity index (χ0v) is 15.3. The molecule has 140 valence electrons. The highest BCUT2D eigenvalue weighted by Gasteiger charge is 2.22. The van der Waals surface area contributed by atoms with E-state index in [9.17, 15) is 9.90 Å². The number of aliphatic hydroxyl groups is 1. The Morgan fingerprint density at radius 1 is 1.32 bits per heavy atom. The summed E-state index contributed by atoms with van der Waals surface area (Å²) >= 11 is 0. The maximum absolute atomic E-state index is 11.9. The minimum Gasteiger partial charge on any atom is -0.384 e. The van der Waals surface area contributed by atoms with E-state index in [2.05, 4.69) is 15.3 Å². The lowest BCUT2D eigenvalue weighted by Gasteiger charge is -2.22. The van der Waals surface area contributed by atoms with Crippen LogP contribution < -0.4 is 5.32 Å². The highest BCUT2D eigenvalue weighted by molar-refractivity contribution is 5.93. The minimum absolute atomic E-state index is 0.105. The largest absolute Gasteiger partial charge is 0.384 e. The average molecular weight is 351 g/mol. The molecule has 0 radical (unpaired) electrons. The van der Waals surface area contributed by atoms with Gasteiger partial charge in [-0.05, 0) is 25.7 Å². The Hall–Kier alpha value is -1.57. The van der Waals surface area contributed by atoms with E-state index in [1.54, 1.807) is 0 Å². The lowest BCUT2D eigenvalue weighted by Crippen LogP contribution is -2.28. The van der Waals surface area contributed by atoms with Crippen molar-refractivity contribution in [3.05, 3.63) is 18.1 Å². The number of nitrogens with one attached hydrogen (secondary N) is 1. The van der Waals surface area contributed by atoms with Gasteiger partial charge < -0.3 is 19.9 Å². The van der Waals surface area contributed by atoms with Crippen molar-refractivity contribution in [2.45, 2.75) is 58.7 Å². The van der Waals surface area contributed by atoms with Crippen molar-refractivity contribution >= 4 is 11.7 Å². The number of hydrogen-bond donors (Lipinski definition) is 2. The molecule has 2 unspecified atom stereocenters. The molecule has 2 rings (SSSR count). The molecule has 0 aromatic carbocycles. The van der Waals surface area contributed by atoms with Gasteiger partial charge >= 0.3 is 0 Å². The summed E-state index contributed by atoms with van der Waals surface area (Å²) in [5.41, 5.74) is -0.0782. The fourth-order valence-corrected chi connectivity index (χ4v) is 2.40. The third-order valence-electron chi connectivity index (χ3n) is 4.07. The highest BCUT2D eigenvalue weighted by Crippen LogP contribution is 2.18. The summed E-state index contributed by atoms with van der Waals surface area (Å²) in [6.45, 7) is 7.17. The van der Waals surface area contributed by atoms with Crippen LogP contribution in [0.1, 0.15) is 58.3 Å². The van der Waals surface area contributed by atoms with Gasteiger partial charge in [-0.25, -0.2) is 4.98 Å². The molecule has 1 aromatic heterocycles. The zero-order chi connectivity index (χ0) is 18.3. The van der Waals surface area contributed by atoms with Crippen molar-refractivity contribution in [1.29, 1.82) is 0 Å². The molecule has 25 heavy (non-hydrogen) atoms. The third kappa shape index (κ3) is 6.68. The molecule has 7 nitrogen and oxygen atoms in total. The van der Waals surface area contributed by atoms with E-state index in [4.69, 9.17) is 9.47 Å². The molecule has 2 N–H and O–H groups in total. The predicted molar refractivity (Wildman–Crippen MR) is 94.1 cm³/mol. The molecule has 1 saturated heterocycles. The van der Waals surface area contributed by atoms with Crippen LogP contribution in [0.25, 0.3) is 0 Å². The van der Waals surface area contributed by atoms with Crippen LogP contribution in [0.5, 0.6) is 0 Å². The summed E-state index contributed by atoms with van der Waals surface area (Å²) in [6.07, 6.45) is 6.13. The molecule has 1 aliphatic rings. The molecule has 0 aliphatic carbocycles. The molecule has 0 bridgehead atoms. The Kier molecular flexibility index (Phi) is 7.28. The molecule has 1 fully saturated rings. The molecule has 7 heteroatoms. The number of rotatable bonds is 5.